The number of nitrogens with one attached hydrogen (secondary N) is 2. The van der Waals surface area contributed by atoms with Gasteiger partial charge in [-0.3, -0.25) is 9.69 Å². The fraction of sp³-hybridized carbons (Fsp3) is 0.417. The number of benzene rings is 2. The van der Waals surface area contributed by atoms with Gasteiger partial charge in [-0.25, -0.2) is 13.8 Å². The first-order valence-corrected chi connectivity index (χ1v) is 10.9. The number of amides is 1. The number of likely N-dealkylation sites (N-methyl/N-ethyl adjacent to an activating group) is 1. The predicted molar refractivity (Wildman–Crippen MR) is 122 cm³/mol. The van der Waals surface area contributed by atoms with Gasteiger partial charge in [-0.05, 0) is 36.1 Å². The molecule has 2 aromatic carbocycles. The summed E-state index contributed by atoms with van der Waals surface area (Å²) in [6.45, 7) is 2.94. The van der Waals surface area contributed by atoms with Crippen LogP contribution in [-0.4, -0.2) is 61.4 Å². The van der Waals surface area contributed by atoms with Gasteiger partial charge >= 0.3 is 0 Å². The van der Waals surface area contributed by atoms with Crippen LogP contribution in [0.4, 0.5) is 8.78 Å². The van der Waals surface area contributed by atoms with E-state index in [0.29, 0.717) is 19.0 Å². The molecule has 0 unspecified atom stereocenters. The smallest absolute Gasteiger partial charge is 0.241 e. The van der Waals surface area contributed by atoms with Gasteiger partial charge in [-0.1, -0.05) is 36.4 Å². The molecular formula is C24H31F2N5O. The summed E-state index contributed by atoms with van der Waals surface area (Å²) < 4.78 is 26.6. The molecule has 1 aliphatic heterocycles. The Bertz CT molecular complexity index is 912. The van der Waals surface area contributed by atoms with Gasteiger partial charge in [0, 0.05) is 39.8 Å². The van der Waals surface area contributed by atoms with Gasteiger partial charge in [-0.15, -0.1) is 0 Å². The topological polar surface area (TPSA) is 60.0 Å². The number of likely N-dealkylation sites (tertiary alicyclic amines) is 1. The van der Waals surface area contributed by atoms with E-state index < -0.39 is 11.6 Å². The molecule has 2 N–H and O–H groups in total. The van der Waals surface area contributed by atoms with Gasteiger partial charge in [-0.2, -0.15) is 0 Å². The van der Waals surface area contributed by atoms with Gasteiger partial charge in [0.25, 0.3) is 0 Å². The summed E-state index contributed by atoms with van der Waals surface area (Å²) in [5, 5.41) is 6.59. The van der Waals surface area contributed by atoms with E-state index in [9.17, 15) is 13.6 Å². The average Bonchev–Trinajstić information content (AvgIpc) is 2.79. The van der Waals surface area contributed by atoms with Crippen LogP contribution in [0.1, 0.15) is 24.0 Å². The summed E-state index contributed by atoms with van der Waals surface area (Å²) >= 11 is 0. The molecule has 1 saturated heterocycles. The fourth-order valence-electron chi connectivity index (χ4n) is 3.55. The Labute approximate surface area is 188 Å². The molecule has 1 aliphatic rings. The third-order valence-electron chi connectivity index (χ3n) is 5.49. The molecule has 3 rings (SSSR count). The van der Waals surface area contributed by atoms with Crippen molar-refractivity contribution in [2.45, 2.75) is 32.0 Å². The molecule has 0 bridgehead atoms. The third-order valence-corrected chi connectivity index (χ3v) is 5.49. The number of piperidine rings is 1. The minimum atomic E-state index is -0.820. The Morgan fingerprint density at radius 2 is 1.78 bits per heavy atom. The summed E-state index contributed by atoms with van der Waals surface area (Å²) in [7, 11) is 3.45. The normalized spacial score (nSPS) is 15.4. The molecule has 32 heavy (non-hydrogen) atoms. The largest absolute Gasteiger partial charge is 0.354 e. The Kier molecular flexibility index (Phi) is 8.56. The summed E-state index contributed by atoms with van der Waals surface area (Å²) in [6.07, 6.45) is 1.77. The van der Waals surface area contributed by atoms with E-state index in [1.807, 2.05) is 30.3 Å². The van der Waals surface area contributed by atoms with Gasteiger partial charge in [0.15, 0.2) is 17.6 Å². The lowest BCUT2D eigenvalue weighted by Gasteiger charge is -2.33. The van der Waals surface area contributed by atoms with Crippen molar-refractivity contribution in [2.24, 2.45) is 4.99 Å². The number of hydrogen-bond donors (Lipinski definition) is 2. The number of guanidine groups is 1. The Balaban J connectivity index is 1.54. The number of aliphatic imine (C=N–C) groups is 1. The Morgan fingerprint density at radius 1 is 1.06 bits per heavy atom. The second-order valence-electron chi connectivity index (χ2n) is 8.24. The van der Waals surface area contributed by atoms with Gasteiger partial charge in [0.05, 0.1) is 13.1 Å². The van der Waals surface area contributed by atoms with Gasteiger partial charge in [0.2, 0.25) is 5.91 Å². The molecule has 6 nitrogen and oxygen atoms in total. The Morgan fingerprint density at radius 3 is 2.44 bits per heavy atom. The predicted octanol–water partition coefficient (Wildman–Crippen LogP) is 2.75. The standard InChI is InChI=1S/C24H31F2N5O/c1-30(2)23(32)16-28-24(27-15-18-6-4-3-5-7-18)29-20-10-12-31(13-11-20)17-19-8-9-21(25)22(26)14-19/h3-9,14,20H,10-13,15-17H2,1-2H3,(H2,27,28,29). The highest BCUT2D eigenvalue weighted by molar-refractivity contribution is 5.86. The van der Waals surface area contributed by atoms with Crippen molar-refractivity contribution in [2.75, 3.05) is 33.7 Å². The van der Waals surface area contributed by atoms with Crippen LogP contribution in [0, 0.1) is 11.6 Å². The first-order valence-electron chi connectivity index (χ1n) is 10.9. The molecule has 0 spiro atoms. The summed E-state index contributed by atoms with van der Waals surface area (Å²) in [5.41, 5.74) is 1.86. The molecule has 0 atom stereocenters. The maximum atomic E-state index is 13.5. The number of rotatable bonds is 7. The molecule has 172 valence electrons. The van der Waals surface area contributed by atoms with Crippen molar-refractivity contribution in [3.63, 3.8) is 0 Å². The SMILES string of the molecule is CN(C)C(=O)CNC(=NCc1ccccc1)NC1CCN(Cc2ccc(F)c(F)c2)CC1. The van der Waals surface area contributed by atoms with E-state index in [4.69, 9.17) is 0 Å². The molecule has 1 fully saturated rings. The van der Waals surface area contributed by atoms with E-state index in [-0.39, 0.29) is 18.5 Å². The second kappa shape index (κ2) is 11.6. The summed E-state index contributed by atoms with van der Waals surface area (Å²) in [6, 6.07) is 14.2. The molecule has 0 aromatic heterocycles. The zero-order valence-electron chi connectivity index (χ0n) is 18.7. The monoisotopic (exact) mass is 443 g/mol. The number of carbonyl (C=O) groups excluding carboxylic acids is 1. The first-order chi connectivity index (χ1) is 15.4. The molecule has 0 aliphatic carbocycles. The lowest BCUT2D eigenvalue weighted by Crippen LogP contribution is -2.50. The number of halogens is 2. The molecule has 2 aromatic rings. The molecule has 1 amide bonds. The number of nitrogens with zero attached hydrogens (tertiary/aromatic N) is 3. The maximum absolute atomic E-state index is 13.5. The average molecular weight is 444 g/mol. The van der Waals surface area contributed by atoms with Crippen molar-refractivity contribution in [3.05, 3.63) is 71.3 Å². The van der Waals surface area contributed by atoms with E-state index in [1.54, 1.807) is 25.1 Å². The molecule has 0 saturated carbocycles. The van der Waals surface area contributed by atoms with Gasteiger partial charge < -0.3 is 15.5 Å². The highest BCUT2D eigenvalue weighted by Gasteiger charge is 2.21. The van der Waals surface area contributed by atoms with Crippen LogP contribution in [0.15, 0.2) is 53.5 Å². The third kappa shape index (κ3) is 7.30. The van der Waals surface area contributed by atoms with Crippen molar-refractivity contribution < 1.29 is 13.6 Å². The highest BCUT2D eigenvalue weighted by atomic mass is 19.2. The van der Waals surface area contributed by atoms with Crippen LogP contribution in [0.5, 0.6) is 0 Å². The number of hydrogen-bond acceptors (Lipinski definition) is 3. The molecular weight excluding hydrogens is 412 g/mol. The summed E-state index contributed by atoms with van der Waals surface area (Å²) in [5.74, 6) is -1.04. The maximum Gasteiger partial charge on any atom is 0.241 e. The van der Waals surface area contributed by atoms with E-state index in [1.165, 1.54) is 12.1 Å². The van der Waals surface area contributed by atoms with E-state index >= 15 is 0 Å². The zero-order chi connectivity index (χ0) is 22.9. The molecule has 1 heterocycles. The summed E-state index contributed by atoms with van der Waals surface area (Å²) in [4.78, 5) is 20.4. The van der Waals surface area contributed by atoms with Crippen LogP contribution >= 0.6 is 0 Å². The van der Waals surface area contributed by atoms with Crippen molar-refractivity contribution >= 4 is 11.9 Å². The molecule has 8 heteroatoms. The first kappa shape index (κ1) is 23.7. The van der Waals surface area contributed by atoms with Gasteiger partial charge in [0.1, 0.15) is 0 Å². The lowest BCUT2D eigenvalue weighted by atomic mass is 10.0. The van der Waals surface area contributed by atoms with Crippen LogP contribution in [0.2, 0.25) is 0 Å². The van der Waals surface area contributed by atoms with Crippen molar-refractivity contribution in [1.82, 2.24) is 20.4 Å². The van der Waals surface area contributed by atoms with Crippen molar-refractivity contribution in [3.8, 4) is 0 Å². The fourth-order valence-corrected chi connectivity index (χ4v) is 3.55. The highest BCUT2D eigenvalue weighted by Crippen LogP contribution is 2.16. The minimum Gasteiger partial charge on any atom is -0.354 e. The van der Waals surface area contributed by atoms with Crippen LogP contribution in [-0.2, 0) is 17.9 Å². The number of carbonyl (C=O) groups is 1. The van der Waals surface area contributed by atoms with Crippen LogP contribution in [0.3, 0.4) is 0 Å². The Hall–Kier alpha value is -3.00. The lowest BCUT2D eigenvalue weighted by molar-refractivity contribution is -0.127. The molecule has 0 radical (unpaired) electrons. The van der Waals surface area contributed by atoms with Crippen LogP contribution in [0.25, 0.3) is 0 Å². The van der Waals surface area contributed by atoms with E-state index in [0.717, 1.165) is 37.1 Å². The van der Waals surface area contributed by atoms with Crippen molar-refractivity contribution in [1.29, 1.82) is 0 Å². The van der Waals surface area contributed by atoms with E-state index in [2.05, 4.69) is 20.5 Å². The quantitative estimate of drug-likeness (QED) is 0.510. The van der Waals surface area contributed by atoms with Crippen LogP contribution < -0.4 is 10.6 Å². The zero-order valence-corrected chi connectivity index (χ0v) is 18.7. The second-order valence-corrected chi connectivity index (χ2v) is 8.24. The minimum absolute atomic E-state index is 0.0273.